The van der Waals surface area contributed by atoms with Gasteiger partial charge >= 0.3 is 5.97 Å². The number of carbonyl (C=O) groups is 2. The first-order valence-corrected chi connectivity index (χ1v) is 9.34. The third-order valence-corrected chi connectivity index (χ3v) is 4.74. The lowest BCUT2D eigenvalue weighted by molar-refractivity contribution is -0.0757. The number of nitrogens with one attached hydrogen (secondary N) is 1. The molecule has 2 aromatic rings. The average Bonchev–Trinajstić information content (AvgIpc) is 2.71. The minimum absolute atomic E-state index is 0. The van der Waals surface area contributed by atoms with Gasteiger partial charge in [0.1, 0.15) is 11.6 Å². The van der Waals surface area contributed by atoms with Gasteiger partial charge in [-0.15, -0.1) is 0 Å². The number of amides is 1. The van der Waals surface area contributed by atoms with Crippen molar-refractivity contribution >= 4 is 43.7 Å². The van der Waals surface area contributed by atoms with Gasteiger partial charge in [-0.1, -0.05) is 19.6 Å². The maximum Gasteiger partial charge on any atom is 0.336 e. The quantitative estimate of drug-likeness (QED) is 0.519. The number of halogens is 4. The number of carboxylic acids is 1. The van der Waals surface area contributed by atoms with Gasteiger partial charge in [0.05, 0.1) is 34.3 Å². The molecule has 11 heteroatoms. The summed E-state index contributed by atoms with van der Waals surface area (Å²) in [4.78, 5) is 30.9. The molecule has 168 valence electrons. The zero-order chi connectivity index (χ0) is 22.6. The summed E-state index contributed by atoms with van der Waals surface area (Å²) in [6.45, 7) is 0. The van der Waals surface area contributed by atoms with Gasteiger partial charge in [-0.3, -0.25) is 9.63 Å². The molecule has 0 unspecified atom stereocenters. The van der Waals surface area contributed by atoms with Crippen LogP contribution in [0.25, 0.3) is 0 Å². The van der Waals surface area contributed by atoms with Crippen LogP contribution < -0.4 is 5.48 Å². The van der Waals surface area contributed by atoms with E-state index in [0.717, 1.165) is 5.06 Å². The highest BCUT2D eigenvalue weighted by Gasteiger charge is 2.16. The zero-order valence-electron chi connectivity index (χ0n) is 16.0. The topological polar surface area (TPSA) is 88.1 Å². The number of rotatable bonds is 4. The largest absolute Gasteiger partial charge is 0.478 e. The van der Waals surface area contributed by atoms with E-state index in [2.05, 4.69) is 42.2 Å². The van der Waals surface area contributed by atoms with Gasteiger partial charge in [0.15, 0.2) is 0 Å². The molecule has 30 heavy (non-hydrogen) atoms. The third kappa shape index (κ3) is 9.72. The maximum atomic E-state index is 13.0. The summed E-state index contributed by atoms with van der Waals surface area (Å²) >= 11 is 5.83. The summed E-state index contributed by atoms with van der Waals surface area (Å²) in [5, 5.41) is 9.52. The van der Waals surface area contributed by atoms with E-state index in [4.69, 9.17) is 9.94 Å². The molecule has 0 fully saturated rings. The first kappa shape index (κ1) is 30.3. The van der Waals surface area contributed by atoms with Crippen LogP contribution in [0.2, 0.25) is 0 Å². The number of benzene rings is 2. The molecule has 1 amide bonds. The number of carboxylic acid groups (broad SMARTS) is 1. The van der Waals surface area contributed by atoms with Crippen LogP contribution in [-0.2, 0) is 9.68 Å². The zero-order valence-corrected chi connectivity index (χ0v) is 19.2. The number of nitrogens with zero attached hydrogens (tertiary/aromatic N) is 1. The van der Waals surface area contributed by atoms with E-state index in [1.807, 2.05) is 0 Å². The molecule has 0 aliphatic heterocycles. The van der Waals surface area contributed by atoms with Crippen molar-refractivity contribution in [3.05, 3.63) is 68.1 Å². The first-order chi connectivity index (χ1) is 13.6. The van der Waals surface area contributed by atoms with E-state index >= 15 is 0 Å². The second kappa shape index (κ2) is 15.9. The lowest BCUT2D eigenvalue weighted by Crippen LogP contribution is -2.25. The highest BCUT2D eigenvalue weighted by molar-refractivity contribution is 9.10. The van der Waals surface area contributed by atoms with E-state index in [0.29, 0.717) is 0 Å². The van der Waals surface area contributed by atoms with E-state index in [9.17, 15) is 18.4 Å². The average molecular weight is 558 g/mol. The Morgan fingerprint density at radius 1 is 1.00 bits per heavy atom. The van der Waals surface area contributed by atoms with E-state index in [-0.39, 0.29) is 27.5 Å². The predicted octanol–water partition coefficient (Wildman–Crippen LogP) is 4.91. The Kier molecular flexibility index (Phi) is 16.0. The van der Waals surface area contributed by atoms with Crippen molar-refractivity contribution in [1.29, 1.82) is 0 Å². The van der Waals surface area contributed by atoms with Crippen molar-refractivity contribution in [2.45, 2.75) is 7.43 Å². The van der Waals surface area contributed by atoms with Gasteiger partial charge in [-0.2, -0.15) is 0 Å². The fraction of sp³-hybridized carbons (Fsp3) is 0.263. The Morgan fingerprint density at radius 2 is 1.40 bits per heavy atom. The van der Waals surface area contributed by atoms with Crippen LogP contribution in [0.5, 0.6) is 0 Å². The van der Waals surface area contributed by atoms with Crippen LogP contribution in [0, 0.1) is 11.6 Å². The van der Waals surface area contributed by atoms with Crippen LogP contribution in [0.4, 0.5) is 8.78 Å². The van der Waals surface area contributed by atoms with Crippen molar-refractivity contribution in [1.82, 2.24) is 10.5 Å². The molecule has 0 radical (unpaired) electrons. The minimum atomic E-state index is -1.14. The summed E-state index contributed by atoms with van der Waals surface area (Å²) in [6, 6.07) is 8.13. The van der Waals surface area contributed by atoms with Crippen molar-refractivity contribution in [2.75, 3.05) is 28.3 Å². The van der Waals surface area contributed by atoms with Gasteiger partial charge in [-0.25, -0.2) is 24.1 Å². The van der Waals surface area contributed by atoms with Crippen LogP contribution in [0.3, 0.4) is 0 Å². The molecule has 2 rings (SSSR count). The molecule has 2 aromatic carbocycles. The second-order valence-corrected chi connectivity index (χ2v) is 6.49. The molecular formula is C19H24Br2F2N2O5. The molecule has 0 heterocycles. The van der Waals surface area contributed by atoms with Crippen molar-refractivity contribution in [2.24, 2.45) is 0 Å². The first-order valence-electron chi connectivity index (χ1n) is 7.75. The smallest absolute Gasteiger partial charge is 0.336 e. The number of hydrogen-bond acceptors (Lipinski definition) is 5. The lowest BCUT2D eigenvalue weighted by atomic mass is 10.2. The molecule has 0 spiro atoms. The number of hydrogen-bond donors (Lipinski definition) is 2. The second-order valence-electron chi connectivity index (χ2n) is 4.90. The highest BCUT2D eigenvalue weighted by Crippen LogP contribution is 2.21. The lowest BCUT2D eigenvalue weighted by Gasteiger charge is -2.14. The van der Waals surface area contributed by atoms with Crippen LogP contribution >= 0.6 is 31.9 Å². The Morgan fingerprint density at radius 3 is 1.73 bits per heavy atom. The Labute approximate surface area is 191 Å². The molecule has 0 aromatic heterocycles. The monoisotopic (exact) mass is 556 g/mol. The van der Waals surface area contributed by atoms with Crippen LogP contribution in [0.15, 0.2) is 45.3 Å². The third-order valence-electron chi connectivity index (χ3n) is 3.13. The highest BCUT2D eigenvalue weighted by atomic mass is 79.9. The number of hydroxylamine groups is 3. The van der Waals surface area contributed by atoms with Crippen molar-refractivity contribution < 1.29 is 33.2 Å². The predicted molar refractivity (Wildman–Crippen MR) is 117 cm³/mol. The molecular weight excluding hydrogens is 534 g/mol. The summed E-state index contributed by atoms with van der Waals surface area (Å²) in [5.74, 6) is -2.58. The fourth-order valence-electron chi connectivity index (χ4n) is 1.59. The summed E-state index contributed by atoms with van der Waals surface area (Å²) < 4.78 is 25.8. The van der Waals surface area contributed by atoms with Crippen molar-refractivity contribution in [3.8, 4) is 0 Å². The van der Waals surface area contributed by atoms with E-state index in [1.54, 1.807) is 14.2 Å². The van der Waals surface area contributed by atoms with Gasteiger partial charge in [0.2, 0.25) is 0 Å². The molecule has 0 atom stereocenters. The summed E-state index contributed by atoms with van der Waals surface area (Å²) in [5.41, 5.74) is 2.60. The molecule has 0 bridgehead atoms. The Bertz CT molecular complexity index is 824. The van der Waals surface area contributed by atoms with Crippen molar-refractivity contribution in [3.63, 3.8) is 0 Å². The maximum absolute atomic E-state index is 13.0. The fourth-order valence-corrected chi connectivity index (χ4v) is 2.46. The van der Waals surface area contributed by atoms with E-state index < -0.39 is 23.5 Å². The van der Waals surface area contributed by atoms with Crippen LogP contribution in [-0.4, -0.2) is 50.4 Å². The number of carbonyl (C=O) groups excluding carboxylic acids is 1. The summed E-state index contributed by atoms with van der Waals surface area (Å²) in [7, 11) is 6.10. The van der Waals surface area contributed by atoms with Gasteiger partial charge in [-0.05, 0) is 56.1 Å². The van der Waals surface area contributed by atoms with E-state index in [1.165, 1.54) is 50.6 Å². The Hall–Kier alpha value is -1.92. The SMILES string of the molecule is C.CNOC.CON(C)C(=O)c1cccc(F)c1Br.O=C(O)c1cccc(F)c1Br. The molecule has 2 N–H and O–H groups in total. The molecule has 7 nitrogen and oxygen atoms in total. The Balaban J connectivity index is 0. The summed E-state index contributed by atoms with van der Waals surface area (Å²) in [6.07, 6.45) is 0. The minimum Gasteiger partial charge on any atom is -0.478 e. The molecule has 0 aliphatic rings. The van der Waals surface area contributed by atoms with Gasteiger partial charge in [0, 0.05) is 14.1 Å². The molecule has 0 saturated heterocycles. The van der Waals surface area contributed by atoms with Crippen LogP contribution in [0.1, 0.15) is 28.1 Å². The number of aromatic carboxylic acids is 1. The van der Waals surface area contributed by atoms with Gasteiger partial charge in [0.25, 0.3) is 5.91 Å². The normalized spacial score (nSPS) is 9.20. The molecule has 0 aliphatic carbocycles. The standard InChI is InChI=1S/C9H9BrFNO2.C7H4BrFO2.C2H7NO.CH4/c1-12(14-2)9(13)6-4-3-5-7(11)8(6)10;8-6-4(7(10)11)2-1-3-5(6)9;1-3-4-2;/h3-5H,1-2H3;1-3H,(H,10,11);3H,1-2H3;1H4. The molecule has 0 saturated carbocycles. The van der Waals surface area contributed by atoms with Gasteiger partial charge < -0.3 is 9.94 Å².